The average molecular weight is 292 g/mol. The van der Waals surface area contributed by atoms with Gasteiger partial charge in [-0.1, -0.05) is 12.1 Å². The molecule has 1 aromatic heterocycles. The smallest absolute Gasteiger partial charge is 0.240 e. The van der Waals surface area contributed by atoms with Gasteiger partial charge < -0.3 is 15.2 Å². The van der Waals surface area contributed by atoms with Crippen LogP contribution in [0.2, 0.25) is 0 Å². The topological polar surface area (TPSA) is 58.9 Å². The molecule has 0 atom stereocenters. The molecule has 0 aliphatic heterocycles. The summed E-state index contributed by atoms with van der Waals surface area (Å²) >= 11 is 1.71. The number of likely N-dealkylation sites (N-methyl/N-ethyl adjacent to an activating group) is 1. The molecule has 1 heterocycles. The molecule has 2 rings (SSSR count). The first-order valence-corrected chi connectivity index (χ1v) is 8.00. The average Bonchev–Trinajstić information content (AvgIpc) is 2.78. The van der Waals surface area contributed by atoms with Crippen LogP contribution in [0.1, 0.15) is 5.82 Å². The monoisotopic (exact) mass is 292 g/mol. The van der Waals surface area contributed by atoms with Crippen LogP contribution in [0.3, 0.4) is 0 Å². The van der Waals surface area contributed by atoms with Gasteiger partial charge in [0.15, 0.2) is 0 Å². The Kier molecular flexibility index (Phi) is 5.43. The molecule has 0 unspecified atom stereocenters. The van der Waals surface area contributed by atoms with E-state index in [1.165, 1.54) is 0 Å². The molecule has 1 amide bonds. The van der Waals surface area contributed by atoms with Gasteiger partial charge in [0.25, 0.3) is 0 Å². The lowest BCUT2D eigenvalue weighted by Gasteiger charge is -2.09. The number of para-hydroxylation sites is 2. The highest BCUT2D eigenvalue weighted by Gasteiger charge is 2.12. The summed E-state index contributed by atoms with van der Waals surface area (Å²) in [5, 5.41) is 5.91. The van der Waals surface area contributed by atoms with Crippen molar-refractivity contribution in [1.82, 2.24) is 20.2 Å². The molecule has 5 nitrogen and oxygen atoms in total. The zero-order chi connectivity index (χ0) is 14.4. The summed E-state index contributed by atoms with van der Waals surface area (Å²) in [6, 6.07) is 7.93. The molecule has 0 aliphatic rings. The summed E-state index contributed by atoms with van der Waals surface area (Å²) in [7, 11) is 1.87. The summed E-state index contributed by atoms with van der Waals surface area (Å²) < 4.78 is 2.00. The van der Waals surface area contributed by atoms with Crippen LogP contribution in [0.4, 0.5) is 0 Å². The first kappa shape index (κ1) is 14.9. The van der Waals surface area contributed by atoms with Gasteiger partial charge in [0.2, 0.25) is 5.91 Å². The maximum Gasteiger partial charge on any atom is 0.240 e. The van der Waals surface area contributed by atoms with Crippen LogP contribution in [-0.2, 0) is 17.1 Å². The van der Waals surface area contributed by atoms with E-state index in [0.717, 1.165) is 29.2 Å². The van der Waals surface area contributed by atoms with Gasteiger partial charge in [0, 0.05) is 13.1 Å². The lowest BCUT2D eigenvalue weighted by Crippen LogP contribution is -2.33. The van der Waals surface area contributed by atoms with E-state index >= 15 is 0 Å². The second-order valence-electron chi connectivity index (χ2n) is 4.49. The van der Waals surface area contributed by atoms with Crippen LogP contribution in [0.15, 0.2) is 24.3 Å². The maximum atomic E-state index is 12.0. The van der Waals surface area contributed by atoms with Gasteiger partial charge in [-0.25, -0.2) is 4.98 Å². The zero-order valence-electron chi connectivity index (χ0n) is 11.8. The first-order valence-electron chi connectivity index (χ1n) is 6.60. The number of nitrogens with zero attached hydrogens (tertiary/aromatic N) is 2. The number of rotatable bonds is 7. The highest BCUT2D eigenvalue weighted by Crippen LogP contribution is 2.18. The summed E-state index contributed by atoms with van der Waals surface area (Å²) in [5.41, 5.74) is 1.96. The van der Waals surface area contributed by atoms with Gasteiger partial charge in [-0.15, -0.1) is 0 Å². The van der Waals surface area contributed by atoms with Crippen LogP contribution in [0.5, 0.6) is 0 Å². The first-order chi connectivity index (χ1) is 9.76. The fourth-order valence-electron chi connectivity index (χ4n) is 2.07. The van der Waals surface area contributed by atoms with Gasteiger partial charge in [0.1, 0.15) is 12.4 Å². The van der Waals surface area contributed by atoms with Crippen molar-refractivity contribution in [2.75, 3.05) is 26.4 Å². The number of carbonyl (C=O) groups excluding carboxylic acids is 1. The second kappa shape index (κ2) is 7.31. The van der Waals surface area contributed by atoms with Crippen molar-refractivity contribution in [3.8, 4) is 0 Å². The van der Waals surface area contributed by atoms with E-state index < -0.39 is 0 Å². The fraction of sp³-hybridized carbons (Fsp3) is 0.429. The van der Waals surface area contributed by atoms with E-state index in [1.807, 2.05) is 42.1 Å². The van der Waals surface area contributed by atoms with E-state index in [2.05, 4.69) is 15.6 Å². The highest BCUT2D eigenvalue weighted by atomic mass is 32.2. The number of aromatic nitrogens is 2. The van der Waals surface area contributed by atoms with Crippen LogP contribution in [0, 0.1) is 0 Å². The molecule has 2 N–H and O–H groups in total. The lowest BCUT2D eigenvalue weighted by atomic mass is 10.3. The molecule has 0 radical (unpaired) electrons. The number of carbonyl (C=O) groups is 1. The summed E-state index contributed by atoms with van der Waals surface area (Å²) in [4.78, 5) is 16.6. The Bertz CT molecular complexity index is 582. The predicted molar refractivity (Wildman–Crippen MR) is 83.9 cm³/mol. The molecular formula is C14H20N4OS. The van der Waals surface area contributed by atoms with Gasteiger partial charge in [-0.05, 0) is 25.4 Å². The summed E-state index contributed by atoms with van der Waals surface area (Å²) in [6.07, 6.45) is 2.04. The number of hydrogen-bond acceptors (Lipinski definition) is 4. The van der Waals surface area contributed by atoms with Gasteiger partial charge >= 0.3 is 0 Å². The van der Waals surface area contributed by atoms with Crippen molar-refractivity contribution in [2.24, 2.45) is 0 Å². The third-order valence-corrected chi connectivity index (χ3v) is 3.55. The molecule has 0 spiro atoms. The van der Waals surface area contributed by atoms with Crippen LogP contribution in [0.25, 0.3) is 11.0 Å². The Morgan fingerprint density at radius 3 is 2.90 bits per heavy atom. The molecular weight excluding hydrogens is 272 g/mol. The molecule has 20 heavy (non-hydrogen) atoms. The van der Waals surface area contributed by atoms with Crippen molar-refractivity contribution < 1.29 is 4.79 Å². The Balaban J connectivity index is 2.18. The van der Waals surface area contributed by atoms with Gasteiger partial charge in [-0.3, -0.25) is 4.79 Å². The summed E-state index contributed by atoms with van der Waals surface area (Å²) in [6.45, 7) is 1.73. The highest BCUT2D eigenvalue weighted by molar-refractivity contribution is 7.97. The van der Waals surface area contributed by atoms with Crippen LogP contribution in [-0.4, -0.2) is 41.9 Å². The van der Waals surface area contributed by atoms with E-state index in [-0.39, 0.29) is 5.91 Å². The number of amides is 1. The minimum Gasteiger partial charge on any atom is -0.353 e. The third kappa shape index (κ3) is 3.52. The van der Waals surface area contributed by atoms with Gasteiger partial charge in [-0.2, -0.15) is 11.8 Å². The van der Waals surface area contributed by atoms with E-state index in [1.54, 1.807) is 11.8 Å². The Morgan fingerprint density at radius 1 is 1.35 bits per heavy atom. The Labute approximate surface area is 123 Å². The quantitative estimate of drug-likeness (QED) is 0.754. The molecule has 0 bridgehead atoms. The Hall–Kier alpha value is -1.53. The second-order valence-corrected chi connectivity index (χ2v) is 5.36. The number of fused-ring (bicyclic) bond motifs is 1. The zero-order valence-corrected chi connectivity index (χ0v) is 12.7. The van der Waals surface area contributed by atoms with Crippen molar-refractivity contribution >= 4 is 28.7 Å². The SMILES string of the molecule is CNCCNC(=O)Cn1c(CSC)nc2ccccc21. The third-order valence-electron chi connectivity index (χ3n) is 3.01. The number of nitrogens with one attached hydrogen (secondary N) is 2. The number of imidazole rings is 1. The normalized spacial score (nSPS) is 10.9. The predicted octanol–water partition coefficient (Wildman–Crippen LogP) is 1.23. The summed E-state index contributed by atoms with van der Waals surface area (Å²) in [5.74, 6) is 1.77. The largest absolute Gasteiger partial charge is 0.353 e. The minimum absolute atomic E-state index is 0.0192. The van der Waals surface area contributed by atoms with E-state index in [4.69, 9.17) is 0 Å². The van der Waals surface area contributed by atoms with Crippen LogP contribution >= 0.6 is 11.8 Å². The Morgan fingerprint density at radius 2 is 2.15 bits per heavy atom. The lowest BCUT2D eigenvalue weighted by molar-refractivity contribution is -0.121. The number of hydrogen-bond donors (Lipinski definition) is 2. The maximum absolute atomic E-state index is 12.0. The molecule has 0 saturated carbocycles. The number of benzene rings is 1. The fourth-order valence-corrected chi connectivity index (χ4v) is 2.55. The van der Waals surface area contributed by atoms with E-state index in [0.29, 0.717) is 13.1 Å². The molecule has 2 aromatic rings. The standard InChI is InChI=1S/C14H20N4OS/c1-15-7-8-16-14(19)9-18-12-6-4-3-5-11(12)17-13(18)10-20-2/h3-6,15H,7-10H2,1-2H3,(H,16,19). The molecule has 0 fully saturated rings. The number of thioether (sulfide) groups is 1. The minimum atomic E-state index is 0.0192. The van der Waals surface area contributed by atoms with Gasteiger partial charge in [0.05, 0.1) is 16.8 Å². The molecule has 0 saturated heterocycles. The van der Waals surface area contributed by atoms with Crippen molar-refractivity contribution in [3.05, 3.63) is 30.1 Å². The van der Waals surface area contributed by atoms with Crippen molar-refractivity contribution in [1.29, 1.82) is 0 Å². The van der Waals surface area contributed by atoms with E-state index in [9.17, 15) is 4.79 Å². The van der Waals surface area contributed by atoms with Crippen LogP contribution < -0.4 is 10.6 Å². The molecule has 1 aromatic carbocycles. The van der Waals surface area contributed by atoms with Crippen molar-refractivity contribution in [3.63, 3.8) is 0 Å². The molecule has 0 aliphatic carbocycles. The molecule has 108 valence electrons. The van der Waals surface area contributed by atoms with Crippen molar-refractivity contribution in [2.45, 2.75) is 12.3 Å². The molecule has 6 heteroatoms.